The standard InChI is InChI=1S/C9H8Br2N2O5/c1-18-9(15)6(11)4-12-3-5(10)2-7(8(12)14)13(16)17/h2-3,6H,4H2,1H3. The van der Waals surface area contributed by atoms with Crippen LogP contribution in [0.5, 0.6) is 0 Å². The Morgan fingerprint density at radius 2 is 2.28 bits per heavy atom. The van der Waals surface area contributed by atoms with Crippen molar-refractivity contribution in [1.82, 2.24) is 4.57 Å². The monoisotopic (exact) mass is 382 g/mol. The van der Waals surface area contributed by atoms with E-state index in [1.165, 1.54) is 13.3 Å². The molecule has 98 valence electrons. The van der Waals surface area contributed by atoms with Gasteiger partial charge in [-0.25, -0.2) is 0 Å². The highest BCUT2D eigenvalue weighted by Crippen LogP contribution is 2.15. The lowest BCUT2D eigenvalue weighted by molar-refractivity contribution is -0.386. The number of nitrogens with zero attached hydrogens (tertiary/aromatic N) is 2. The minimum atomic E-state index is -0.781. The summed E-state index contributed by atoms with van der Waals surface area (Å²) in [6, 6.07) is 1.11. The predicted octanol–water partition coefficient (Wildman–Crippen LogP) is 1.46. The lowest BCUT2D eigenvalue weighted by Gasteiger charge is -2.10. The summed E-state index contributed by atoms with van der Waals surface area (Å²) in [7, 11) is 1.21. The molecule has 1 unspecified atom stereocenters. The Balaban J connectivity index is 3.14. The number of carbonyl (C=O) groups is 1. The summed E-state index contributed by atoms with van der Waals surface area (Å²) >= 11 is 6.10. The van der Waals surface area contributed by atoms with Crippen molar-refractivity contribution in [2.45, 2.75) is 11.4 Å². The molecule has 0 amide bonds. The van der Waals surface area contributed by atoms with E-state index in [1.54, 1.807) is 0 Å². The number of aromatic nitrogens is 1. The van der Waals surface area contributed by atoms with Crippen LogP contribution in [0.15, 0.2) is 21.5 Å². The van der Waals surface area contributed by atoms with Gasteiger partial charge in [0.15, 0.2) is 0 Å². The molecule has 0 aromatic carbocycles. The number of carbonyl (C=O) groups excluding carboxylic acids is 1. The fourth-order valence-electron chi connectivity index (χ4n) is 1.23. The number of alkyl halides is 1. The SMILES string of the molecule is COC(=O)C(Br)Cn1cc(Br)cc([N+](=O)[O-])c1=O. The summed E-state index contributed by atoms with van der Waals surface area (Å²) < 4.78 is 5.93. The number of hydrogen-bond donors (Lipinski definition) is 0. The van der Waals surface area contributed by atoms with Gasteiger partial charge in [0.1, 0.15) is 4.83 Å². The zero-order chi connectivity index (χ0) is 13.9. The number of hydrogen-bond acceptors (Lipinski definition) is 5. The second-order valence-corrected chi connectivity index (χ2v) is 5.27. The molecule has 9 heteroatoms. The van der Waals surface area contributed by atoms with Crippen molar-refractivity contribution in [2.24, 2.45) is 0 Å². The summed E-state index contributed by atoms with van der Waals surface area (Å²) in [6.45, 7) is -0.0637. The van der Waals surface area contributed by atoms with Gasteiger partial charge in [-0.15, -0.1) is 0 Å². The van der Waals surface area contributed by atoms with E-state index in [0.29, 0.717) is 4.47 Å². The Hall–Kier alpha value is -1.22. The molecule has 0 radical (unpaired) electrons. The molecule has 0 aliphatic carbocycles. The molecule has 7 nitrogen and oxygen atoms in total. The molecule has 0 fully saturated rings. The number of nitro groups is 1. The Bertz CT molecular complexity index is 542. The molecular formula is C9H8Br2N2O5. The van der Waals surface area contributed by atoms with E-state index in [4.69, 9.17) is 0 Å². The quantitative estimate of drug-likeness (QED) is 0.339. The minimum absolute atomic E-state index is 0.0637. The maximum Gasteiger partial charge on any atom is 0.335 e. The lowest BCUT2D eigenvalue weighted by Crippen LogP contribution is -2.29. The molecule has 1 aromatic rings. The van der Waals surface area contributed by atoms with Crippen LogP contribution in [0, 0.1) is 10.1 Å². The van der Waals surface area contributed by atoms with Crippen LogP contribution in [-0.4, -0.2) is 27.4 Å². The fourth-order valence-corrected chi connectivity index (χ4v) is 2.19. The molecule has 1 aromatic heterocycles. The van der Waals surface area contributed by atoms with E-state index < -0.39 is 27.0 Å². The van der Waals surface area contributed by atoms with Crippen LogP contribution in [0.25, 0.3) is 0 Å². The highest BCUT2D eigenvalue weighted by molar-refractivity contribution is 9.10. The highest BCUT2D eigenvalue weighted by Gasteiger charge is 2.21. The number of ether oxygens (including phenoxy) is 1. The largest absolute Gasteiger partial charge is 0.468 e. The highest BCUT2D eigenvalue weighted by atomic mass is 79.9. The zero-order valence-electron chi connectivity index (χ0n) is 9.13. The molecule has 0 aliphatic rings. The smallest absolute Gasteiger partial charge is 0.335 e. The van der Waals surface area contributed by atoms with Crippen LogP contribution in [0.2, 0.25) is 0 Å². The second-order valence-electron chi connectivity index (χ2n) is 3.25. The summed E-state index contributed by atoms with van der Waals surface area (Å²) in [4.78, 5) is 32.1. The zero-order valence-corrected chi connectivity index (χ0v) is 12.3. The van der Waals surface area contributed by atoms with E-state index in [0.717, 1.165) is 10.6 Å². The van der Waals surface area contributed by atoms with Gasteiger partial charge < -0.3 is 9.30 Å². The first kappa shape index (κ1) is 14.8. The first-order valence-corrected chi connectivity index (χ1v) is 6.34. The van der Waals surface area contributed by atoms with E-state index >= 15 is 0 Å². The third kappa shape index (κ3) is 3.39. The lowest BCUT2D eigenvalue weighted by atomic mass is 10.3. The summed E-state index contributed by atoms with van der Waals surface area (Å²) in [5, 5.41) is 10.7. The van der Waals surface area contributed by atoms with Crippen LogP contribution < -0.4 is 5.56 Å². The Morgan fingerprint density at radius 1 is 1.67 bits per heavy atom. The van der Waals surface area contributed by atoms with Crippen molar-refractivity contribution in [1.29, 1.82) is 0 Å². The molecule has 0 aliphatic heterocycles. The van der Waals surface area contributed by atoms with Crippen molar-refractivity contribution in [2.75, 3.05) is 7.11 Å². The van der Waals surface area contributed by atoms with Crippen molar-refractivity contribution >= 4 is 43.5 Å². The third-order valence-corrected chi connectivity index (χ3v) is 3.14. The molecular weight excluding hydrogens is 376 g/mol. The molecule has 1 heterocycles. The average Bonchev–Trinajstić information content (AvgIpc) is 2.31. The van der Waals surface area contributed by atoms with Crippen molar-refractivity contribution < 1.29 is 14.5 Å². The Kier molecular flexibility index (Phi) is 5.03. The second kappa shape index (κ2) is 6.10. The van der Waals surface area contributed by atoms with Crippen LogP contribution >= 0.6 is 31.9 Å². The molecule has 0 spiro atoms. The first-order chi connectivity index (χ1) is 8.36. The van der Waals surface area contributed by atoms with Gasteiger partial charge in [0.25, 0.3) is 0 Å². The van der Waals surface area contributed by atoms with Crippen molar-refractivity contribution in [3.05, 3.63) is 37.2 Å². The van der Waals surface area contributed by atoms with E-state index in [-0.39, 0.29) is 6.54 Å². The topological polar surface area (TPSA) is 91.4 Å². The van der Waals surface area contributed by atoms with Crippen LogP contribution in [0.4, 0.5) is 5.69 Å². The van der Waals surface area contributed by atoms with E-state index in [1.807, 2.05) is 0 Å². The average molecular weight is 384 g/mol. The fraction of sp³-hybridized carbons (Fsp3) is 0.333. The number of halogens is 2. The third-order valence-electron chi connectivity index (χ3n) is 2.04. The van der Waals surface area contributed by atoms with Gasteiger partial charge in [0.05, 0.1) is 12.0 Å². The van der Waals surface area contributed by atoms with Gasteiger partial charge >= 0.3 is 17.2 Å². The summed E-state index contributed by atoms with van der Waals surface area (Å²) in [6.07, 6.45) is 1.37. The number of esters is 1. The predicted molar refractivity (Wildman–Crippen MR) is 69.8 cm³/mol. The molecule has 1 atom stereocenters. The molecule has 18 heavy (non-hydrogen) atoms. The van der Waals surface area contributed by atoms with Crippen LogP contribution in [0.3, 0.4) is 0 Å². The van der Waals surface area contributed by atoms with E-state index in [9.17, 15) is 19.7 Å². The number of pyridine rings is 1. The van der Waals surface area contributed by atoms with Gasteiger partial charge in [-0.05, 0) is 15.9 Å². The maximum absolute atomic E-state index is 11.7. The number of methoxy groups -OCH3 is 1. The Morgan fingerprint density at radius 3 is 2.78 bits per heavy atom. The summed E-state index contributed by atoms with van der Waals surface area (Å²) in [5.41, 5.74) is -1.34. The normalized spacial score (nSPS) is 11.9. The molecule has 0 saturated carbocycles. The first-order valence-electron chi connectivity index (χ1n) is 4.63. The molecule has 0 saturated heterocycles. The summed E-state index contributed by atoms with van der Waals surface area (Å²) in [5.74, 6) is -0.565. The molecule has 1 rings (SSSR count). The number of rotatable bonds is 4. The van der Waals surface area contributed by atoms with Crippen LogP contribution in [-0.2, 0) is 16.1 Å². The van der Waals surface area contributed by atoms with Gasteiger partial charge in [-0.2, -0.15) is 0 Å². The van der Waals surface area contributed by atoms with E-state index in [2.05, 4.69) is 36.6 Å². The van der Waals surface area contributed by atoms with Crippen molar-refractivity contribution in [3.63, 3.8) is 0 Å². The van der Waals surface area contributed by atoms with Gasteiger partial charge in [-0.3, -0.25) is 19.7 Å². The van der Waals surface area contributed by atoms with Crippen molar-refractivity contribution in [3.8, 4) is 0 Å². The van der Waals surface area contributed by atoms with Crippen LogP contribution in [0.1, 0.15) is 0 Å². The minimum Gasteiger partial charge on any atom is -0.468 e. The van der Waals surface area contributed by atoms with Gasteiger partial charge in [-0.1, -0.05) is 15.9 Å². The molecule has 0 bridgehead atoms. The maximum atomic E-state index is 11.7. The van der Waals surface area contributed by atoms with Gasteiger partial charge in [0, 0.05) is 23.3 Å². The Labute approximate surface area is 118 Å². The van der Waals surface area contributed by atoms with Gasteiger partial charge in [0.2, 0.25) is 0 Å². The molecule has 0 N–H and O–H groups in total.